The van der Waals surface area contributed by atoms with Gasteiger partial charge in [0.1, 0.15) is 0 Å². The van der Waals surface area contributed by atoms with Crippen LogP contribution in [0.1, 0.15) is 32.9 Å². The highest BCUT2D eigenvalue weighted by atomic mass is 16.5. The molecule has 1 aromatic heterocycles. The Morgan fingerprint density at radius 3 is 2.63 bits per heavy atom. The van der Waals surface area contributed by atoms with Gasteiger partial charge in [0.05, 0.1) is 12.3 Å². The summed E-state index contributed by atoms with van der Waals surface area (Å²) in [6, 6.07) is 5.93. The summed E-state index contributed by atoms with van der Waals surface area (Å²) < 4.78 is 5.66. The van der Waals surface area contributed by atoms with Gasteiger partial charge in [-0.3, -0.25) is 0 Å². The molecule has 0 amide bonds. The summed E-state index contributed by atoms with van der Waals surface area (Å²) >= 11 is 0. The Labute approximate surface area is 117 Å². The lowest BCUT2D eigenvalue weighted by atomic mass is 10.1. The highest BCUT2D eigenvalue weighted by molar-refractivity contribution is 5.15. The first-order valence-electron chi connectivity index (χ1n) is 6.85. The zero-order valence-corrected chi connectivity index (χ0v) is 12.9. The maximum absolute atomic E-state index is 5.66. The Hall–Kier alpha value is -1.13. The molecule has 0 spiro atoms. The van der Waals surface area contributed by atoms with Gasteiger partial charge in [0, 0.05) is 24.7 Å². The van der Waals surface area contributed by atoms with Gasteiger partial charge in [-0.15, -0.1) is 0 Å². The molecule has 1 N–H and O–H groups in total. The summed E-state index contributed by atoms with van der Waals surface area (Å²) in [7, 11) is 4.13. The fraction of sp³-hybridized carbons (Fsp3) is 0.667. The van der Waals surface area contributed by atoms with Gasteiger partial charge >= 0.3 is 0 Å². The Kier molecular flexibility index (Phi) is 6.25. The van der Waals surface area contributed by atoms with E-state index < -0.39 is 0 Å². The molecule has 0 aromatic carbocycles. The van der Waals surface area contributed by atoms with Crippen molar-refractivity contribution >= 4 is 0 Å². The Morgan fingerprint density at radius 2 is 2.00 bits per heavy atom. The molecule has 0 radical (unpaired) electrons. The predicted octanol–water partition coefficient (Wildman–Crippen LogP) is 2.30. The fourth-order valence-corrected chi connectivity index (χ4v) is 1.55. The number of hydrogen-bond acceptors (Lipinski definition) is 4. The number of ether oxygens (including phenoxy) is 1. The molecular weight excluding hydrogens is 238 g/mol. The van der Waals surface area contributed by atoms with Crippen molar-refractivity contribution in [1.82, 2.24) is 15.2 Å². The van der Waals surface area contributed by atoms with Gasteiger partial charge < -0.3 is 15.0 Å². The molecule has 1 heterocycles. The average Bonchev–Trinajstić information content (AvgIpc) is 2.32. The van der Waals surface area contributed by atoms with E-state index in [2.05, 4.69) is 50.1 Å². The van der Waals surface area contributed by atoms with Gasteiger partial charge in [0.25, 0.3) is 0 Å². The molecule has 0 atom stereocenters. The van der Waals surface area contributed by atoms with Crippen molar-refractivity contribution in [2.75, 3.05) is 27.2 Å². The largest absolute Gasteiger partial charge is 0.478 e. The number of pyridine rings is 1. The second kappa shape index (κ2) is 7.46. The van der Waals surface area contributed by atoms with Gasteiger partial charge in [0.2, 0.25) is 5.88 Å². The van der Waals surface area contributed by atoms with Crippen molar-refractivity contribution < 1.29 is 4.74 Å². The molecular formula is C15H27N3O. The molecule has 1 rings (SSSR count). The van der Waals surface area contributed by atoms with Crippen molar-refractivity contribution in [2.24, 2.45) is 0 Å². The molecule has 0 aliphatic rings. The number of rotatable bonds is 7. The molecule has 0 unspecified atom stereocenters. The topological polar surface area (TPSA) is 37.4 Å². The molecule has 4 nitrogen and oxygen atoms in total. The molecule has 4 heteroatoms. The van der Waals surface area contributed by atoms with E-state index in [-0.39, 0.29) is 5.54 Å². The van der Waals surface area contributed by atoms with Crippen LogP contribution in [0, 0.1) is 0 Å². The van der Waals surface area contributed by atoms with E-state index in [0.717, 1.165) is 25.2 Å². The van der Waals surface area contributed by atoms with Crippen molar-refractivity contribution in [3.05, 3.63) is 23.9 Å². The minimum Gasteiger partial charge on any atom is -0.478 e. The zero-order valence-electron chi connectivity index (χ0n) is 12.9. The normalized spacial score (nSPS) is 11.9. The third-order valence-electron chi connectivity index (χ3n) is 2.58. The summed E-state index contributed by atoms with van der Waals surface area (Å²) in [5.74, 6) is 0.715. The van der Waals surface area contributed by atoms with Crippen molar-refractivity contribution in [3.8, 4) is 5.88 Å². The van der Waals surface area contributed by atoms with E-state index in [1.807, 2.05) is 18.2 Å². The van der Waals surface area contributed by atoms with Crippen LogP contribution in [-0.4, -0.2) is 42.7 Å². The standard InChI is InChI=1S/C15H27N3O/c1-15(2,3)16-12-13-8-6-9-14(17-13)19-11-7-10-18(4)5/h6,8-9,16H,7,10-12H2,1-5H3. The van der Waals surface area contributed by atoms with Gasteiger partial charge in [-0.25, -0.2) is 4.98 Å². The highest BCUT2D eigenvalue weighted by Crippen LogP contribution is 2.09. The second-order valence-corrected chi connectivity index (χ2v) is 6.08. The molecule has 1 aromatic rings. The zero-order chi connectivity index (χ0) is 14.3. The van der Waals surface area contributed by atoms with Crippen molar-refractivity contribution in [3.63, 3.8) is 0 Å². The van der Waals surface area contributed by atoms with Crippen LogP contribution < -0.4 is 10.1 Å². The number of nitrogens with one attached hydrogen (secondary N) is 1. The predicted molar refractivity (Wildman–Crippen MR) is 79.5 cm³/mol. The Morgan fingerprint density at radius 1 is 1.26 bits per heavy atom. The van der Waals surface area contributed by atoms with E-state index in [4.69, 9.17) is 4.74 Å². The van der Waals surface area contributed by atoms with Crippen LogP contribution in [0.3, 0.4) is 0 Å². The molecule has 0 saturated heterocycles. The smallest absolute Gasteiger partial charge is 0.213 e. The van der Waals surface area contributed by atoms with Gasteiger partial charge in [0.15, 0.2) is 0 Å². The monoisotopic (exact) mass is 265 g/mol. The van der Waals surface area contributed by atoms with Gasteiger partial charge in [-0.05, 0) is 47.4 Å². The first kappa shape index (κ1) is 15.9. The van der Waals surface area contributed by atoms with E-state index in [1.54, 1.807) is 0 Å². The van der Waals surface area contributed by atoms with Crippen LogP contribution in [0.5, 0.6) is 5.88 Å². The van der Waals surface area contributed by atoms with Gasteiger partial charge in [-0.1, -0.05) is 6.07 Å². The lowest BCUT2D eigenvalue weighted by molar-refractivity contribution is 0.272. The highest BCUT2D eigenvalue weighted by Gasteiger charge is 2.09. The van der Waals surface area contributed by atoms with Crippen LogP contribution in [0.4, 0.5) is 0 Å². The molecule has 0 fully saturated rings. The lowest BCUT2D eigenvalue weighted by Crippen LogP contribution is -2.35. The quantitative estimate of drug-likeness (QED) is 0.768. The van der Waals surface area contributed by atoms with E-state index in [9.17, 15) is 0 Å². The Balaban J connectivity index is 2.39. The summed E-state index contributed by atoms with van der Waals surface area (Å²) in [6.45, 7) is 8.95. The molecule has 0 saturated carbocycles. The summed E-state index contributed by atoms with van der Waals surface area (Å²) in [4.78, 5) is 6.65. The van der Waals surface area contributed by atoms with Crippen molar-refractivity contribution in [2.45, 2.75) is 39.3 Å². The molecule has 19 heavy (non-hydrogen) atoms. The molecule has 0 aliphatic carbocycles. The van der Waals surface area contributed by atoms with Crippen LogP contribution in [0.2, 0.25) is 0 Å². The van der Waals surface area contributed by atoms with Gasteiger partial charge in [-0.2, -0.15) is 0 Å². The third kappa shape index (κ3) is 7.80. The van der Waals surface area contributed by atoms with Crippen LogP contribution in [0.15, 0.2) is 18.2 Å². The van der Waals surface area contributed by atoms with Crippen molar-refractivity contribution in [1.29, 1.82) is 0 Å². The molecule has 0 aliphatic heterocycles. The fourth-order valence-electron chi connectivity index (χ4n) is 1.55. The number of nitrogens with zero attached hydrogens (tertiary/aromatic N) is 2. The first-order chi connectivity index (χ1) is 8.87. The van der Waals surface area contributed by atoms with E-state index in [0.29, 0.717) is 12.5 Å². The minimum atomic E-state index is 0.101. The molecule has 0 bridgehead atoms. The van der Waals surface area contributed by atoms with E-state index in [1.165, 1.54) is 0 Å². The molecule has 108 valence electrons. The number of hydrogen-bond donors (Lipinski definition) is 1. The van der Waals surface area contributed by atoms with Crippen LogP contribution >= 0.6 is 0 Å². The maximum Gasteiger partial charge on any atom is 0.213 e. The summed E-state index contributed by atoms with van der Waals surface area (Å²) in [5.41, 5.74) is 1.12. The van der Waals surface area contributed by atoms with Crippen LogP contribution in [-0.2, 0) is 6.54 Å². The SMILES string of the molecule is CN(C)CCCOc1cccc(CNC(C)(C)C)n1. The first-order valence-corrected chi connectivity index (χ1v) is 6.85. The lowest BCUT2D eigenvalue weighted by Gasteiger charge is -2.20. The summed E-state index contributed by atoms with van der Waals surface area (Å²) in [5, 5.41) is 3.42. The third-order valence-corrected chi connectivity index (χ3v) is 2.58. The maximum atomic E-state index is 5.66. The number of aromatic nitrogens is 1. The second-order valence-electron chi connectivity index (χ2n) is 6.08. The average molecular weight is 265 g/mol. The van der Waals surface area contributed by atoms with Crippen LogP contribution in [0.25, 0.3) is 0 Å². The summed E-state index contributed by atoms with van der Waals surface area (Å²) in [6.07, 6.45) is 1.01. The Bertz CT molecular complexity index is 372. The van der Waals surface area contributed by atoms with E-state index >= 15 is 0 Å². The minimum absolute atomic E-state index is 0.101.